The van der Waals surface area contributed by atoms with E-state index in [2.05, 4.69) is 17.1 Å². The Morgan fingerprint density at radius 2 is 1.67 bits per heavy atom. The summed E-state index contributed by atoms with van der Waals surface area (Å²) in [5.74, 6) is 0. The van der Waals surface area contributed by atoms with Crippen LogP contribution in [0.15, 0.2) is 47.5 Å². The Hall–Kier alpha value is -1.98. The number of hydrogen-bond donors (Lipinski definition) is 1. The van der Waals surface area contributed by atoms with Gasteiger partial charge in [0.05, 0.1) is 10.6 Å². The van der Waals surface area contributed by atoms with Crippen molar-refractivity contribution in [3.8, 4) is 0 Å². The molecule has 2 N–H and O–H groups in total. The maximum Gasteiger partial charge on any atom is 0.238 e. The van der Waals surface area contributed by atoms with Crippen molar-refractivity contribution < 1.29 is 8.42 Å². The minimum Gasteiger partial charge on any atom is -0.256 e. The quantitative estimate of drug-likeness (QED) is 0.929. The van der Waals surface area contributed by atoms with Crippen molar-refractivity contribution in [2.45, 2.75) is 37.5 Å². The molecule has 124 valence electrons. The Kier molecular flexibility index (Phi) is 3.41. The van der Waals surface area contributed by atoms with Gasteiger partial charge in [0.15, 0.2) is 0 Å². The number of hydrogen-bond acceptors (Lipinski definition) is 3. The van der Waals surface area contributed by atoms with Crippen LogP contribution in [0, 0.1) is 12.3 Å². The smallest absolute Gasteiger partial charge is 0.238 e. The largest absolute Gasteiger partial charge is 0.256 e. The normalized spacial score (nSPS) is 19.1. The van der Waals surface area contributed by atoms with Crippen molar-refractivity contribution in [1.29, 1.82) is 0 Å². The molecule has 5 heteroatoms. The molecule has 4 rings (SSSR count). The molecule has 0 radical (unpaired) electrons. The van der Waals surface area contributed by atoms with Crippen molar-refractivity contribution in [3.63, 3.8) is 0 Å². The molecule has 2 aliphatic carbocycles. The monoisotopic (exact) mass is 340 g/mol. The van der Waals surface area contributed by atoms with Crippen LogP contribution in [0.4, 0.5) is 0 Å². The number of aromatic nitrogens is 1. The van der Waals surface area contributed by atoms with Crippen molar-refractivity contribution >= 4 is 21.2 Å². The van der Waals surface area contributed by atoms with Gasteiger partial charge in [-0.05, 0) is 78.5 Å². The molecule has 0 aliphatic heterocycles. The Balaban J connectivity index is 1.77. The van der Waals surface area contributed by atoms with Crippen LogP contribution < -0.4 is 5.14 Å². The second kappa shape index (κ2) is 5.26. The molecule has 4 nitrogen and oxygen atoms in total. The SMILES string of the molecule is Cc1ccc(C2=C(c3ccc(S(N)(=O)=O)cc3)CC3(CC3)C2)nc1. The molecule has 1 aromatic carbocycles. The maximum absolute atomic E-state index is 11.5. The summed E-state index contributed by atoms with van der Waals surface area (Å²) in [4.78, 5) is 4.77. The van der Waals surface area contributed by atoms with Gasteiger partial charge in [-0.25, -0.2) is 13.6 Å². The first-order valence-corrected chi connectivity index (χ1v) is 9.69. The van der Waals surface area contributed by atoms with Gasteiger partial charge < -0.3 is 0 Å². The zero-order chi connectivity index (χ0) is 16.9. The van der Waals surface area contributed by atoms with Crippen LogP contribution in [0.25, 0.3) is 11.1 Å². The summed E-state index contributed by atoms with van der Waals surface area (Å²) in [6.45, 7) is 2.04. The van der Waals surface area contributed by atoms with E-state index in [4.69, 9.17) is 5.14 Å². The van der Waals surface area contributed by atoms with E-state index in [1.165, 1.54) is 24.0 Å². The predicted molar refractivity (Wildman–Crippen MR) is 94.5 cm³/mol. The van der Waals surface area contributed by atoms with Crippen LogP contribution in [-0.4, -0.2) is 13.4 Å². The second-order valence-electron chi connectivity index (χ2n) is 7.10. The fourth-order valence-electron chi connectivity index (χ4n) is 3.57. The maximum atomic E-state index is 11.5. The first-order valence-electron chi connectivity index (χ1n) is 8.15. The van der Waals surface area contributed by atoms with Gasteiger partial charge >= 0.3 is 0 Å². The van der Waals surface area contributed by atoms with Gasteiger partial charge in [-0.3, -0.25) is 4.98 Å². The summed E-state index contributed by atoms with van der Waals surface area (Å²) in [5.41, 5.74) is 6.27. The van der Waals surface area contributed by atoms with Gasteiger partial charge in [0.2, 0.25) is 10.0 Å². The number of primary sulfonamides is 1. The highest BCUT2D eigenvalue weighted by Gasteiger charge is 2.48. The highest BCUT2D eigenvalue weighted by molar-refractivity contribution is 7.89. The third-order valence-corrected chi connectivity index (χ3v) is 6.11. The second-order valence-corrected chi connectivity index (χ2v) is 8.66. The molecule has 1 fully saturated rings. The summed E-state index contributed by atoms with van der Waals surface area (Å²) in [5, 5.41) is 5.20. The van der Waals surface area contributed by atoms with Crippen LogP contribution in [0.5, 0.6) is 0 Å². The molecule has 1 aromatic heterocycles. The van der Waals surface area contributed by atoms with E-state index in [0.29, 0.717) is 5.41 Å². The Labute approximate surface area is 142 Å². The molecule has 1 saturated carbocycles. The number of nitrogens with two attached hydrogens (primary N) is 1. The van der Waals surface area contributed by atoms with E-state index in [9.17, 15) is 8.42 Å². The zero-order valence-electron chi connectivity index (χ0n) is 13.6. The fourth-order valence-corrected chi connectivity index (χ4v) is 4.09. The van der Waals surface area contributed by atoms with Gasteiger partial charge in [-0.1, -0.05) is 18.2 Å². The number of sulfonamides is 1. The molecule has 0 unspecified atom stereocenters. The summed E-state index contributed by atoms with van der Waals surface area (Å²) < 4.78 is 22.9. The van der Waals surface area contributed by atoms with Crippen LogP contribution in [0.2, 0.25) is 0 Å². The molecule has 2 aromatic rings. The van der Waals surface area contributed by atoms with Crippen molar-refractivity contribution in [3.05, 3.63) is 59.4 Å². The number of nitrogens with zero attached hydrogens (tertiary/aromatic N) is 1. The number of benzene rings is 1. The van der Waals surface area contributed by atoms with Gasteiger partial charge in [0, 0.05) is 6.20 Å². The lowest BCUT2D eigenvalue weighted by atomic mass is 9.99. The third kappa shape index (κ3) is 2.78. The molecular formula is C19H20N2O2S. The summed E-state index contributed by atoms with van der Waals surface area (Å²) in [6.07, 6.45) is 6.55. The Bertz CT molecular complexity index is 922. The number of rotatable bonds is 3. The highest BCUT2D eigenvalue weighted by atomic mass is 32.2. The van der Waals surface area contributed by atoms with Crippen molar-refractivity contribution in [2.75, 3.05) is 0 Å². The van der Waals surface area contributed by atoms with Gasteiger partial charge in [-0.2, -0.15) is 0 Å². The molecule has 1 spiro atoms. The lowest BCUT2D eigenvalue weighted by Gasteiger charge is -2.09. The molecule has 1 heterocycles. The molecule has 2 aliphatic rings. The zero-order valence-corrected chi connectivity index (χ0v) is 14.4. The molecule has 0 saturated heterocycles. The predicted octanol–water partition coefficient (Wildman–Crippen LogP) is 3.52. The van der Waals surface area contributed by atoms with Gasteiger partial charge in [0.1, 0.15) is 0 Å². The fraction of sp³-hybridized carbons (Fsp3) is 0.316. The average Bonchev–Trinajstić information content (AvgIpc) is 3.19. The van der Waals surface area contributed by atoms with E-state index in [1.54, 1.807) is 12.1 Å². The van der Waals surface area contributed by atoms with E-state index in [0.717, 1.165) is 29.7 Å². The minimum atomic E-state index is -3.65. The standard InChI is InChI=1S/C19H20N2O2S/c1-13-2-7-18(21-12-13)17-11-19(8-9-19)10-16(17)14-3-5-15(6-4-14)24(20,22)23/h2-7,12H,8-11H2,1H3,(H2,20,22,23). The summed E-state index contributed by atoms with van der Waals surface area (Å²) in [6, 6.07) is 11.1. The molecular weight excluding hydrogens is 320 g/mol. The first-order chi connectivity index (χ1) is 11.4. The van der Waals surface area contributed by atoms with E-state index >= 15 is 0 Å². The molecule has 24 heavy (non-hydrogen) atoms. The minimum absolute atomic E-state index is 0.154. The van der Waals surface area contributed by atoms with E-state index < -0.39 is 10.0 Å². The van der Waals surface area contributed by atoms with E-state index in [1.807, 2.05) is 25.3 Å². The summed E-state index contributed by atoms with van der Waals surface area (Å²) >= 11 is 0. The topological polar surface area (TPSA) is 73.1 Å². The molecule has 0 bridgehead atoms. The van der Waals surface area contributed by atoms with Gasteiger partial charge in [-0.15, -0.1) is 0 Å². The average molecular weight is 340 g/mol. The van der Waals surface area contributed by atoms with E-state index in [-0.39, 0.29) is 4.90 Å². The van der Waals surface area contributed by atoms with Crippen LogP contribution in [0.3, 0.4) is 0 Å². The summed E-state index contributed by atoms with van der Waals surface area (Å²) in [7, 11) is -3.65. The number of allylic oxidation sites excluding steroid dienone is 2. The van der Waals surface area contributed by atoms with Crippen molar-refractivity contribution in [1.82, 2.24) is 4.98 Å². The Morgan fingerprint density at radius 1 is 1.00 bits per heavy atom. The highest BCUT2D eigenvalue weighted by Crippen LogP contribution is 2.63. The van der Waals surface area contributed by atoms with Crippen LogP contribution >= 0.6 is 0 Å². The lowest BCUT2D eigenvalue weighted by Crippen LogP contribution is -2.11. The lowest BCUT2D eigenvalue weighted by molar-refractivity contribution is 0.568. The van der Waals surface area contributed by atoms with Crippen molar-refractivity contribution in [2.24, 2.45) is 10.6 Å². The molecule has 0 atom stereocenters. The van der Waals surface area contributed by atoms with Crippen LogP contribution in [-0.2, 0) is 10.0 Å². The van der Waals surface area contributed by atoms with Gasteiger partial charge in [0.25, 0.3) is 0 Å². The third-order valence-electron chi connectivity index (χ3n) is 5.18. The Morgan fingerprint density at radius 3 is 2.21 bits per heavy atom. The number of pyridine rings is 1. The first kappa shape index (κ1) is 15.5. The number of aryl methyl sites for hydroxylation is 1. The molecule has 0 amide bonds. The van der Waals surface area contributed by atoms with Crippen LogP contribution in [0.1, 0.15) is 42.5 Å².